The number of hydrogen-bond acceptors (Lipinski definition) is 5. The fourth-order valence-corrected chi connectivity index (χ4v) is 4.01. The summed E-state index contributed by atoms with van der Waals surface area (Å²) in [4.78, 5) is 50.5. The van der Waals surface area contributed by atoms with Crippen LogP contribution in [0.3, 0.4) is 0 Å². The molecule has 1 heterocycles. The van der Waals surface area contributed by atoms with Crippen molar-refractivity contribution in [2.45, 2.75) is 25.9 Å². The smallest absolute Gasteiger partial charge is 0.307 e. The second-order valence-electron chi connectivity index (χ2n) is 7.91. The SMILES string of the molecule is O=C(CCN1C(=O)[C@H]2CC=CC[C@H]2C1=O)OCc1ccc(C(=O)Nc2ccccc2)cc1. The number of esters is 1. The standard InChI is InChI=1S/C25H24N2O5/c28-22(14-15-27-24(30)20-8-4-5-9-21(20)25(27)31)32-16-17-10-12-18(13-11-17)23(29)26-19-6-2-1-3-7-19/h1-7,10-13,20-21H,8-9,14-16H2,(H,26,29)/t20-,21+. The number of amides is 3. The molecule has 7 nitrogen and oxygen atoms in total. The summed E-state index contributed by atoms with van der Waals surface area (Å²) in [5.41, 5.74) is 1.94. The van der Waals surface area contributed by atoms with Crippen LogP contribution in [-0.4, -0.2) is 35.1 Å². The van der Waals surface area contributed by atoms with E-state index >= 15 is 0 Å². The number of nitrogens with zero attached hydrogens (tertiary/aromatic N) is 1. The summed E-state index contributed by atoms with van der Waals surface area (Å²) < 4.78 is 5.27. The predicted molar refractivity (Wildman–Crippen MR) is 117 cm³/mol. The van der Waals surface area contributed by atoms with Gasteiger partial charge < -0.3 is 10.1 Å². The monoisotopic (exact) mass is 432 g/mol. The number of allylic oxidation sites excluding steroid dienone is 2. The first kappa shape index (κ1) is 21.5. The topological polar surface area (TPSA) is 92.8 Å². The molecule has 0 radical (unpaired) electrons. The number of carbonyl (C=O) groups is 4. The van der Waals surface area contributed by atoms with Crippen LogP contribution in [0.2, 0.25) is 0 Å². The number of para-hydroxylation sites is 1. The van der Waals surface area contributed by atoms with E-state index in [0.717, 1.165) is 5.56 Å². The van der Waals surface area contributed by atoms with Gasteiger partial charge in [-0.25, -0.2) is 0 Å². The number of carbonyl (C=O) groups excluding carboxylic acids is 4. The van der Waals surface area contributed by atoms with Crippen LogP contribution < -0.4 is 5.32 Å². The van der Waals surface area contributed by atoms with Crippen LogP contribution in [0, 0.1) is 11.8 Å². The minimum Gasteiger partial charge on any atom is -0.461 e. The zero-order valence-electron chi connectivity index (χ0n) is 17.5. The molecule has 2 aromatic carbocycles. The maximum absolute atomic E-state index is 12.4. The molecule has 2 aliphatic rings. The minimum absolute atomic E-state index is 0.0398. The van der Waals surface area contributed by atoms with Crippen LogP contribution in [0.1, 0.15) is 35.2 Å². The van der Waals surface area contributed by atoms with Gasteiger partial charge in [0.25, 0.3) is 5.91 Å². The molecule has 0 unspecified atom stereocenters. The lowest BCUT2D eigenvalue weighted by Gasteiger charge is -2.14. The highest BCUT2D eigenvalue weighted by atomic mass is 16.5. The van der Waals surface area contributed by atoms with Gasteiger partial charge in [0.1, 0.15) is 6.61 Å². The minimum atomic E-state index is -0.482. The number of likely N-dealkylation sites (tertiary alicyclic amines) is 1. The van der Waals surface area contributed by atoms with E-state index in [-0.39, 0.29) is 49.1 Å². The average Bonchev–Trinajstić information content (AvgIpc) is 3.07. The number of nitrogens with one attached hydrogen (secondary N) is 1. The van der Waals surface area contributed by atoms with Crippen molar-refractivity contribution in [1.29, 1.82) is 0 Å². The number of ether oxygens (including phenoxy) is 1. The molecule has 2 atom stereocenters. The quantitative estimate of drug-likeness (QED) is 0.412. The second kappa shape index (κ2) is 9.60. The lowest BCUT2D eigenvalue weighted by atomic mass is 9.85. The van der Waals surface area contributed by atoms with Crippen molar-refractivity contribution in [2.24, 2.45) is 11.8 Å². The lowest BCUT2D eigenvalue weighted by Crippen LogP contribution is -2.33. The third-order valence-corrected chi connectivity index (χ3v) is 5.79. The molecule has 1 saturated heterocycles. The van der Waals surface area contributed by atoms with Crippen molar-refractivity contribution >= 4 is 29.4 Å². The second-order valence-corrected chi connectivity index (χ2v) is 7.91. The Morgan fingerprint density at radius 2 is 1.53 bits per heavy atom. The number of fused-ring (bicyclic) bond motifs is 1. The predicted octanol–water partition coefficient (Wildman–Crippen LogP) is 3.32. The Morgan fingerprint density at radius 1 is 0.906 bits per heavy atom. The number of imide groups is 1. The highest BCUT2D eigenvalue weighted by Crippen LogP contribution is 2.35. The summed E-state index contributed by atoms with van der Waals surface area (Å²) in [6.07, 6.45) is 4.98. The van der Waals surface area contributed by atoms with Gasteiger partial charge in [0.05, 0.1) is 18.3 Å². The first-order valence-corrected chi connectivity index (χ1v) is 10.6. The Balaban J connectivity index is 1.23. The number of anilines is 1. The van der Waals surface area contributed by atoms with Crippen molar-refractivity contribution in [3.05, 3.63) is 77.9 Å². The van der Waals surface area contributed by atoms with Crippen LogP contribution in [-0.2, 0) is 25.7 Å². The maximum atomic E-state index is 12.4. The lowest BCUT2D eigenvalue weighted by molar-refractivity contribution is -0.146. The Hall–Kier alpha value is -3.74. The van der Waals surface area contributed by atoms with Gasteiger partial charge >= 0.3 is 5.97 Å². The van der Waals surface area contributed by atoms with E-state index in [1.54, 1.807) is 36.4 Å². The number of rotatable bonds is 7. The third-order valence-electron chi connectivity index (χ3n) is 5.79. The molecule has 3 amide bonds. The molecule has 0 aromatic heterocycles. The molecule has 1 aliphatic heterocycles. The van der Waals surface area contributed by atoms with Crippen molar-refractivity contribution in [1.82, 2.24) is 4.90 Å². The summed E-state index contributed by atoms with van der Waals surface area (Å²) in [6, 6.07) is 15.9. The molecule has 7 heteroatoms. The summed E-state index contributed by atoms with van der Waals surface area (Å²) >= 11 is 0. The van der Waals surface area contributed by atoms with Crippen molar-refractivity contribution in [2.75, 3.05) is 11.9 Å². The van der Waals surface area contributed by atoms with E-state index in [4.69, 9.17) is 4.74 Å². The van der Waals surface area contributed by atoms with E-state index < -0.39 is 5.97 Å². The van der Waals surface area contributed by atoms with Crippen LogP contribution >= 0.6 is 0 Å². The molecule has 1 N–H and O–H groups in total. The van der Waals surface area contributed by atoms with Crippen molar-refractivity contribution in [3.63, 3.8) is 0 Å². The molecule has 1 aliphatic carbocycles. The summed E-state index contributed by atoms with van der Waals surface area (Å²) in [5, 5.41) is 2.81. The van der Waals surface area contributed by atoms with Crippen LogP contribution in [0.4, 0.5) is 5.69 Å². The van der Waals surface area contributed by atoms with Gasteiger partial charge in [0, 0.05) is 17.8 Å². The summed E-state index contributed by atoms with van der Waals surface area (Å²) in [5.74, 6) is -1.68. The normalized spacial score (nSPS) is 19.6. The summed E-state index contributed by atoms with van der Waals surface area (Å²) in [6.45, 7) is 0.0958. The molecule has 1 fully saturated rings. The molecule has 164 valence electrons. The van der Waals surface area contributed by atoms with Gasteiger partial charge in [0.2, 0.25) is 11.8 Å². The fourth-order valence-electron chi connectivity index (χ4n) is 4.01. The largest absolute Gasteiger partial charge is 0.461 e. The number of hydrogen-bond donors (Lipinski definition) is 1. The fraction of sp³-hybridized carbons (Fsp3) is 0.280. The van der Waals surface area contributed by atoms with Crippen molar-refractivity contribution < 1.29 is 23.9 Å². The van der Waals surface area contributed by atoms with Gasteiger partial charge in [-0.1, -0.05) is 42.5 Å². The maximum Gasteiger partial charge on any atom is 0.307 e. The van der Waals surface area contributed by atoms with Gasteiger partial charge in [-0.2, -0.15) is 0 Å². The molecular weight excluding hydrogens is 408 g/mol. The average molecular weight is 432 g/mol. The van der Waals surface area contributed by atoms with Gasteiger partial charge in [-0.05, 0) is 42.7 Å². The summed E-state index contributed by atoms with van der Waals surface area (Å²) in [7, 11) is 0. The van der Waals surface area contributed by atoms with Gasteiger partial charge in [-0.15, -0.1) is 0 Å². The van der Waals surface area contributed by atoms with Gasteiger partial charge in [-0.3, -0.25) is 24.1 Å². The van der Waals surface area contributed by atoms with E-state index in [1.165, 1.54) is 4.90 Å². The zero-order chi connectivity index (χ0) is 22.5. The van der Waals surface area contributed by atoms with Crippen molar-refractivity contribution in [3.8, 4) is 0 Å². The molecule has 32 heavy (non-hydrogen) atoms. The molecule has 4 rings (SSSR count). The van der Waals surface area contributed by atoms with E-state index in [9.17, 15) is 19.2 Å². The highest BCUT2D eigenvalue weighted by Gasteiger charge is 2.46. The van der Waals surface area contributed by atoms with E-state index in [0.29, 0.717) is 24.1 Å². The van der Waals surface area contributed by atoms with E-state index in [1.807, 2.05) is 30.4 Å². The Bertz CT molecular complexity index is 1020. The zero-order valence-corrected chi connectivity index (χ0v) is 17.5. The molecule has 0 bridgehead atoms. The molecule has 2 aromatic rings. The van der Waals surface area contributed by atoms with Crippen LogP contribution in [0.25, 0.3) is 0 Å². The molecular formula is C25H24N2O5. The molecule has 0 saturated carbocycles. The molecule has 0 spiro atoms. The van der Waals surface area contributed by atoms with Crippen LogP contribution in [0.15, 0.2) is 66.7 Å². The Kier molecular flexibility index (Phi) is 6.44. The Labute approximate surface area is 186 Å². The van der Waals surface area contributed by atoms with Crippen LogP contribution in [0.5, 0.6) is 0 Å². The Morgan fingerprint density at radius 3 is 2.16 bits per heavy atom. The van der Waals surface area contributed by atoms with Gasteiger partial charge in [0.15, 0.2) is 0 Å². The first-order valence-electron chi connectivity index (χ1n) is 10.6. The first-order chi connectivity index (χ1) is 15.5. The van der Waals surface area contributed by atoms with E-state index in [2.05, 4.69) is 5.32 Å². The number of benzene rings is 2. The highest BCUT2D eigenvalue weighted by molar-refractivity contribution is 6.05. The third kappa shape index (κ3) is 4.77.